The summed E-state index contributed by atoms with van der Waals surface area (Å²) in [4.78, 5) is 4.65. The first-order valence-corrected chi connectivity index (χ1v) is 14.7. The molecular weight excluding hydrogens is 600 g/mol. The number of furan rings is 1. The van der Waals surface area contributed by atoms with Gasteiger partial charge in [0.15, 0.2) is 11.5 Å². The van der Waals surface area contributed by atoms with Crippen LogP contribution in [0.4, 0.5) is 5.88 Å². The minimum Gasteiger partial charge on any atom is -0.490 e. The maximum Gasteiger partial charge on any atom is 0.238 e. The molecule has 6 rings (SSSR count). The zero-order valence-corrected chi connectivity index (χ0v) is 25.0. The van der Waals surface area contributed by atoms with Crippen LogP contribution in [-0.4, -0.2) is 12.8 Å². The summed E-state index contributed by atoms with van der Waals surface area (Å²) in [6.07, 6.45) is 1.67. The Morgan fingerprint density at radius 3 is 2.28 bits per heavy atom. The molecule has 0 bridgehead atoms. The molecule has 0 spiro atoms. The second kappa shape index (κ2) is 12.8. The van der Waals surface area contributed by atoms with E-state index in [4.69, 9.17) is 13.9 Å². The Labute approximate surface area is 258 Å². The summed E-state index contributed by atoms with van der Waals surface area (Å²) < 4.78 is 19.3. The first kappa shape index (κ1) is 28.0. The van der Waals surface area contributed by atoms with E-state index in [0.717, 1.165) is 37.7 Å². The molecule has 0 N–H and O–H groups in total. The largest absolute Gasteiger partial charge is 0.490 e. The van der Waals surface area contributed by atoms with E-state index < -0.39 is 0 Å². The number of rotatable bonds is 9. The molecule has 6 aromatic rings. The van der Waals surface area contributed by atoms with Gasteiger partial charge in [0.2, 0.25) is 5.88 Å². The molecule has 0 amide bonds. The van der Waals surface area contributed by atoms with Crippen molar-refractivity contribution in [1.29, 1.82) is 5.26 Å². The van der Waals surface area contributed by atoms with Crippen molar-refractivity contribution in [3.05, 3.63) is 136 Å². The Kier molecular flexibility index (Phi) is 8.35. The molecule has 0 saturated carbocycles. The molecule has 1 heterocycles. The SMILES string of the molecule is CCOc1cc(C=Nc2oc(-c3ccccc3)c(-c3ccccc3)c2C#N)cc(Br)c1OCc1cccc2ccccc12. The second-order valence-corrected chi connectivity index (χ2v) is 10.6. The van der Waals surface area contributed by atoms with E-state index in [0.29, 0.717) is 36.0 Å². The average Bonchev–Trinajstić information content (AvgIpc) is 3.43. The number of ether oxygens (including phenoxy) is 2. The van der Waals surface area contributed by atoms with Gasteiger partial charge in [0.05, 0.1) is 11.1 Å². The number of halogens is 1. The standard InChI is InChI=1S/C37H27BrN2O3/c1-2-41-33-21-25(20-32(38)36(33)42-24-29-18-11-17-26-12-9-10-19-30(26)29)23-40-37-31(22-39)34(27-13-5-3-6-14-27)35(43-37)28-15-7-4-8-16-28/h3-21,23H,2,24H2,1H3. The number of hydrogen-bond donors (Lipinski definition) is 0. The topological polar surface area (TPSA) is 67.8 Å². The van der Waals surface area contributed by atoms with Crippen LogP contribution in [0.2, 0.25) is 0 Å². The van der Waals surface area contributed by atoms with Gasteiger partial charge >= 0.3 is 0 Å². The third kappa shape index (κ3) is 5.94. The molecule has 0 radical (unpaired) electrons. The van der Waals surface area contributed by atoms with Crippen LogP contribution >= 0.6 is 15.9 Å². The molecule has 0 atom stereocenters. The zero-order valence-electron chi connectivity index (χ0n) is 23.5. The van der Waals surface area contributed by atoms with E-state index >= 15 is 0 Å². The lowest BCUT2D eigenvalue weighted by Gasteiger charge is -2.15. The van der Waals surface area contributed by atoms with E-state index in [1.807, 2.05) is 97.9 Å². The molecule has 5 aromatic carbocycles. The lowest BCUT2D eigenvalue weighted by Crippen LogP contribution is -2.02. The summed E-state index contributed by atoms with van der Waals surface area (Å²) in [6.45, 7) is 2.78. The van der Waals surface area contributed by atoms with Gasteiger partial charge in [-0.15, -0.1) is 0 Å². The first-order valence-electron chi connectivity index (χ1n) is 13.9. The summed E-state index contributed by atoms with van der Waals surface area (Å²) in [6, 6.07) is 40.1. The Morgan fingerprint density at radius 1 is 0.837 bits per heavy atom. The van der Waals surface area contributed by atoms with Crippen molar-refractivity contribution in [1.82, 2.24) is 0 Å². The van der Waals surface area contributed by atoms with Gasteiger partial charge in [0, 0.05) is 17.3 Å². The Bertz CT molecular complexity index is 1950. The van der Waals surface area contributed by atoms with E-state index in [2.05, 4.69) is 51.3 Å². The number of hydrogen-bond acceptors (Lipinski definition) is 5. The number of aliphatic imine (C=N–C) groups is 1. The van der Waals surface area contributed by atoms with Gasteiger partial charge in [-0.05, 0) is 62.4 Å². The molecule has 210 valence electrons. The lowest BCUT2D eigenvalue weighted by atomic mass is 9.98. The molecule has 1 aromatic heterocycles. The van der Waals surface area contributed by atoms with E-state index in [-0.39, 0.29) is 5.88 Å². The summed E-state index contributed by atoms with van der Waals surface area (Å²) in [7, 11) is 0. The predicted octanol–water partition coefficient (Wildman–Crippen LogP) is 10.1. The summed E-state index contributed by atoms with van der Waals surface area (Å²) >= 11 is 3.68. The molecule has 43 heavy (non-hydrogen) atoms. The fourth-order valence-electron chi connectivity index (χ4n) is 5.05. The third-order valence-corrected chi connectivity index (χ3v) is 7.60. The van der Waals surface area contributed by atoms with Crippen LogP contribution in [0.15, 0.2) is 129 Å². The molecule has 0 aliphatic heterocycles. The predicted molar refractivity (Wildman–Crippen MR) is 175 cm³/mol. The Hall–Kier alpha value is -5.12. The van der Waals surface area contributed by atoms with Gasteiger partial charge in [-0.25, -0.2) is 4.99 Å². The molecule has 0 aliphatic rings. The summed E-state index contributed by atoms with van der Waals surface area (Å²) in [5, 5.41) is 12.5. The molecule has 0 aliphatic carbocycles. The van der Waals surface area contributed by atoms with Gasteiger partial charge in [0.1, 0.15) is 24.0 Å². The van der Waals surface area contributed by atoms with Crippen molar-refractivity contribution >= 4 is 38.8 Å². The average molecular weight is 628 g/mol. The maximum absolute atomic E-state index is 10.2. The van der Waals surface area contributed by atoms with Crippen LogP contribution in [0.5, 0.6) is 11.5 Å². The van der Waals surface area contributed by atoms with Gasteiger partial charge in [-0.2, -0.15) is 5.26 Å². The first-order chi connectivity index (χ1) is 21.2. The van der Waals surface area contributed by atoms with Gasteiger partial charge in [-0.3, -0.25) is 0 Å². The number of nitriles is 1. The van der Waals surface area contributed by atoms with Crippen LogP contribution in [0.3, 0.4) is 0 Å². The second-order valence-electron chi connectivity index (χ2n) is 9.78. The van der Waals surface area contributed by atoms with Crippen LogP contribution < -0.4 is 9.47 Å². The minimum absolute atomic E-state index is 0.241. The van der Waals surface area contributed by atoms with Crippen LogP contribution in [0.1, 0.15) is 23.6 Å². The number of benzene rings is 5. The van der Waals surface area contributed by atoms with E-state index in [9.17, 15) is 5.26 Å². The van der Waals surface area contributed by atoms with Crippen molar-refractivity contribution in [2.24, 2.45) is 4.99 Å². The third-order valence-electron chi connectivity index (χ3n) is 7.01. The zero-order chi connectivity index (χ0) is 29.6. The summed E-state index contributed by atoms with van der Waals surface area (Å²) in [5.41, 5.74) is 4.69. The van der Waals surface area contributed by atoms with Crippen molar-refractivity contribution in [2.45, 2.75) is 13.5 Å². The smallest absolute Gasteiger partial charge is 0.238 e. The van der Waals surface area contributed by atoms with Gasteiger partial charge < -0.3 is 13.9 Å². The van der Waals surface area contributed by atoms with E-state index in [1.165, 1.54) is 5.39 Å². The van der Waals surface area contributed by atoms with Crippen molar-refractivity contribution in [2.75, 3.05) is 6.61 Å². The van der Waals surface area contributed by atoms with Gasteiger partial charge in [-0.1, -0.05) is 103 Å². The lowest BCUT2D eigenvalue weighted by molar-refractivity contribution is 0.268. The van der Waals surface area contributed by atoms with Crippen LogP contribution in [-0.2, 0) is 6.61 Å². The molecule has 0 unspecified atom stereocenters. The fraction of sp³-hybridized carbons (Fsp3) is 0.0811. The van der Waals surface area contributed by atoms with Gasteiger partial charge in [0.25, 0.3) is 0 Å². The molecule has 5 nitrogen and oxygen atoms in total. The normalized spacial score (nSPS) is 11.1. The van der Waals surface area contributed by atoms with Crippen LogP contribution in [0, 0.1) is 11.3 Å². The Morgan fingerprint density at radius 2 is 1.53 bits per heavy atom. The molecular formula is C37H27BrN2O3. The molecule has 6 heteroatoms. The Balaban J connectivity index is 1.34. The highest BCUT2D eigenvalue weighted by Crippen LogP contribution is 2.43. The number of fused-ring (bicyclic) bond motifs is 1. The quantitative estimate of drug-likeness (QED) is 0.150. The fourth-order valence-corrected chi connectivity index (χ4v) is 5.63. The highest BCUT2D eigenvalue weighted by Gasteiger charge is 2.22. The highest BCUT2D eigenvalue weighted by atomic mass is 79.9. The van der Waals surface area contributed by atoms with Crippen molar-refractivity contribution < 1.29 is 13.9 Å². The monoisotopic (exact) mass is 626 g/mol. The van der Waals surface area contributed by atoms with Crippen molar-refractivity contribution in [3.8, 4) is 40.0 Å². The molecule has 0 saturated heterocycles. The van der Waals surface area contributed by atoms with Crippen LogP contribution in [0.25, 0.3) is 33.2 Å². The highest BCUT2D eigenvalue weighted by molar-refractivity contribution is 9.10. The number of nitrogens with zero attached hydrogens (tertiary/aromatic N) is 2. The van der Waals surface area contributed by atoms with Crippen molar-refractivity contribution in [3.63, 3.8) is 0 Å². The summed E-state index contributed by atoms with van der Waals surface area (Å²) in [5.74, 6) is 2.04. The van der Waals surface area contributed by atoms with E-state index in [1.54, 1.807) is 6.21 Å². The maximum atomic E-state index is 10.2. The molecule has 0 fully saturated rings. The minimum atomic E-state index is 0.241.